The summed E-state index contributed by atoms with van der Waals surface area (Å²) in [4.78, 5) is 10.3. The van der Waals surface area contributed by atoms with E-state index in [1.807, 2.05) is 0 Å². The lowest BCUT2D eigenvalue weighted by atomic mass is 10.3. The van der Waals surface area contributed by atoms with E-state index in [1.54, 1.807) is 0 Å². The van der Waals surface area contributed by atoms with E-state index in [0.717, 1.165) is 32.1 Å². The molecule has 1 aliphatic carbocycles. The normalized spacial score (nSPS) is 21.4. The van der Waals surface area contributed by atoms with Gasteiger partial charge in [-0.1, -0.05) is 6.92 Å². The molecule has 0 aromatic heterocycles. The molecule has 0 spiro atoms. The zero-order chi connectivity index (χ0) is 6.74. The molecule has 0 aromatic rings. The number of hydrogen-bond donors (Lipinski definition) is 1. The third-order valence-corrected chi connectivity index (χ3v) is 1.74. The summed E-state index contributed by atoms with van der Waals surface area (Å²) < 4.78 is 0. The number of rotatable bonds is 4. The highest BCUT2D eigenvalue weighted by Gasteiger charge is 2.41. The molecule has 1 fully saturated rings. The first-order chi connectivity index (χ1) is 4.33. The van der Waals surface area contributed by atoms with Crippen molar-refractivity contribution in [3.8, 4) is 0 Å². The lowest BCUT2D eigenvalue weighted by molar-refractivity contribution is -0.110. The zero-order valence-electron chi connectivity index (χ0n) is 5.81. The molecule has 0 heterocycles. The van der Waals surface area contributed by atoms with Crippen molar-refractivity contribution in [2.75, 3.05) is 6.54 Å². The van der Waals surface area contributed by atoms with E-state index in [0.29, 0.717) is 0 Å². The minimum Gasteiger partial charge on any atom is -0.305 e. The molecule has 0 aliphatic heterocycles. The Hall–Kier alpha value is -0.370. The Kier molecular flexibility index (Phi) is 1.86. The van der Waals surface area contributed by atoms with Gasteiger partial charge in [-0.15, -0.1) is 0 Å². The van der Waals surface area contributed by atoms with E-state index in [9.17, 15) is 4.79 Å². The SMILES string of the molecule is CCCNC1(C=O)CC1. The van der Waals surface area contributed by atoms with E-state index in [4.69, 9.17) is 0 Å². The topological polar surface area (TPSA) is 29.1 Å². The quantitative estimate of drug-likeness (QED) is 0.564. The average Bonchev–Trinajstić information content (AvgIpc) is 2.65. The summed E-state index contributed by atoms with van der Waals surface area (Å²) in [5.74, 6) is 0. The standard InChI is InChI=1S/C7H13NO/c1-2-5-8-7(6-9)3-4-7/h6,8H,2-5H2,1H3. The van der Waals surface area contributed by atoms with Gasteiger partial charge in [-0.2, -0.15) is 0 Å². The minimum absolute atomic E-state index is 0.0873. The van der Waals surface area contributed by atoms with E-state index in [2.05, 4.69) is 12.2 Å². The van der Waals surface area contributed by atoms with Crippen molar-refractivity contribution in [2.24, 2.45) is 0 Å². The highest BCUT2D eigenvalue weighted by atomic mass is 16.1. The molecule has 0 atom stereocenters. The summed E-state index contributed by atoms with van der Waals surface area (Å²) in [6.07, 6.45) is 4.23. The second-order valence-electron chi connectivity index (χ2n) is 2.70. The summed E-state index contributed by atoms with van der Waals surface area (Å²) >= 11 is 0. The van der Waals surface area contributed by atoms with Crippen LogP contribution in [0.15, 0.2) is 0 Å². The Morgan fingerprint density at radius 3 is 2.67 bits per heavy atom. The maximum absolute atomic E-state index is 10.3. The lowest BCUT2D eigenvalue weighted by Crippen LogP contribution is -2.32. The van der Waals surface area contributed by atoms with E-state index >= 15 is 0 Å². The van der Waals surface area contributed by atoms with Gasteiger partial charge in [0.05, 0.1) is 5.54 Å². The smallest absolute Gasteiger partial charge is 0.140 e. The number of carbonyl (C=O) groups is 1. The first kappa shape index (κ1) is 6.75. The Morgan fingerprint density at radius 2 is 2.33 bits per heavy atom. The molecule has 1 aliphatic rings. The van der Waals surface area contributed by atoms with Crippen LogP contribution < -0.4 is 5.32 Å². The van der Waals surface area contributed by atoms with E-state index in [-0.39, 0.29) is 5.54 Å². The van der Waals surface area contributed by atoms with Crippen molar-refractivity contribution in [3.05, 3.63) is 0 Å². The molecular weight excluding hydrogens is 114 g/mol. The molecule has 52 valence electrons. The third kappa shape index (κ3) is 1.52. The van der Waals surface area contributed by atoms with Crippen LogP contribution >= 0.6 is 0 Å². The Balaban J connectivity index is 2.17. The van der Waals surface area contributed by atoms with Crippen molar-refractivity contribution in [3.63, 3.8) is 0 Å². The van der Waals surface area contributed by atoms with Crippen LogP contribution in [-0.2, 0) is 4.79 Å². The molecule has 1 rings (SSSR count). The molecule has 0 radical (unpaired) electrons. The van der Waals surface area contributed by atoms with Crippen molar-refractivity contribution in [1.29, 1.82) is 0 Å². The second kappa shape index (κ2) is 2.48. The van der Waals surface area contributed by atoms with Gasteiger partial charge in [-0.05, 0) is 25.8 Å². The van der Waals surface area contributed by atoms with Gasteiger partial charge in [-0.3, -0.25) is 0 Å². The minimum atomic E-state index is -0.0873. The molecule has 0 unspecified atom stereocenters. The van der Waals surface area contributed by atoms with Gasteiger partial charge in [0.25, 0.3) is 0 Å². The number of hydrogen-bond acceptors (Lipinski definition) is 2. The monoisotopic (exact) mass is 127 g/mol. The number of carbonyl (C=O) groups excluding carboxylic acids is 1. The van der Waals surface area contributed by atoms with Crippen LogP contribution in [0.1, 0.15) is 26.2 Å². The number of aldehydes is 1. The van der Waals surface area contributed by atoms with Crippen LogP contribution in [0.3, 0.4) is 0 Å². The molecule has 2 heteroatoms. The molecule has 9 heavy (non-hydrogen) atoms. The Bertz CT molecular complexity index is 107. The Morgan fingerprint density at radius 1 is 1.67 bits per heavy atom. The molecule has 0 bridgehead atoms. The first-order valence-corrected chi connectivity index (χ1v) is 3.54. The van der Waals surface area contributed by atoms with Crippen LogP contribution in [0.5, 0.6) is 0 Å². The van der Waals surface area contributed by atoms with Crippen LogP contribution in [0, 0.1) is 0 Å². The van der Waals surface area contributed by atoms with Crippen molar-refractivity contribution >= 4 is 6.29 Å². The molecule has 2 nitrogen and oxygen atoms in total. The fourth-order valence-electron chi connectivity index (χ4n) is 0.845. The fourth-order valence-corrected chi connectivity index (χ4v) is 0.845. The van der Waals surface area contributed by atoms with Gasteiger partial charge in [0.1, 0.15) is 6.29 Å². The van der Waals surface area contributed by atoms with Gasteiger partial charge < -0.3 is 10.1 Å². The van der Waals surface area contributed by atoms with Crippen LogP contribution in [-0.4, -0.2) is 18.4 Å². The summed E-state index contributed by atoms with van der Waals surface area (Å²) in [6, 6.07) is 0. The average molecular weight is 127 g/mol. The van der Waals surface area contributed by atoms with Gasteiger partial charge in [0.2, 0.25) is 0 Å². The first-order valence-electron chi connectivity index (χ1n) is 3.54. The predicted molar refractivity (Wildman–Crippen MR) is 36.3 cm³/mol. The highest BCUT2D eigenvalue weighted by molar-refractivity contribution is 5.68. The Labute approximate surface area is 55.6 Å². The van der Waals surface area contributed by atoms with Crippen LogP contribution in [0.4, 0.5) is 0 Å². The molecular formula is C7H13NO. The molecule has 1 N–H and O–H groups in total. The maximum Gasteiger partial charge on any atom is 0.140 e. The van der Waals surface area contributed by atoms with Gasteiger partial charge >= 0.3 is 0 Å². The maximum atomic E-state index is 10.3. The molecule has 0 saturated heterocycles. The summed E-state index contributed by atoms with van der Waals surface area (Å²) in [7, 11) is 0. The van der Waals surface area contributed by atoms with Gasteiger partial charge in [-0.25, -0.2) is 0 Å². The van der Waals surface area contributed by atoms with E-state index in [1.165, 1.54) is 0 Å². The van der Waals surface area contributed by atoms with Gasteiger partial charge in [0, 0.05) is 0 Å². The second-order valence-corrected chi connectivity index (χ2v) is 2.70. The largest absolute Gasteiger partial charge is 0.305 e. The van der Waals surface area contributed by atoms with Crippen LogP contribution in [0.25, 0.3) is 0 Å². The molecule has 0 amide bonds. The van der Waals surface area contributed by atoms with E-state index < -0.39 is 0 Å². The third-order valence-electron chi connectivity index (χ3n) is 1.74. The summed E-state index contributed by atoms with van der Waals surface area (Å²) in [5.41, 5.74) is -0.0873. The fraction of sp³-hybridized carbons (Fsp3) is 0.857. The summed E-state index contributed by atoms with van der Waals surface area (Å²) in [6.45, 7) is 3.08. The molecule has 1 saturated carbocycles. The zero-order valence-corrected chi connectivity index (χ0v) is 5.81. The van der Waals surface area contributed by atoms with Crippen molar-refractivity contribution in [2.45, 2.75) is 31.7 Å². The summed E-state index contributed by atoms with van der Waals surface area (Å²) in [5, 5.41) is 3.20. The van der Waals surface area contributed by atoms with Crippen molar-refractivity contribution < 1.29 is 4.79 Å². The predicted octanol–water partition coefficient (Wildman–Crippen LogP) is 0.718. The van der Waals surface area contributed by atoms with Crippen LogP contribution in [0.2, 0.25) is 0 Å². The molecule has 0 aromatic carbocycles. The van der Waals surface area contributed by atoms with Gasteiger partial charge in [0.15, 0.2) is 0 Å². The van der Waals surface area contributed by atoms with Crippen molar-refractivity contribution in [1.82, 2.24) is 5.32 Å². The highest BCUT2D eigenvalue weighted by Crippen LogP contribution is 2.32. The number of nitrogens with one attached hydrogen (secondary N) is 1. The lowest BCUT2D eigenvalue weighted by Gasteiger charge is -2.06.